The molecule has 0 spiro atoms. The quantitative estimate of drug-likeness (QED) is 0.190. The summed E-state index contributed by atoms with van der Waals surface area (Å²) >= 11 is 5.93. The van der Waals surface area contributed by atoms with Gasteiger partial charge in [0.2, 0.25) is 0 Å². The Morgan fingerprint density at radius 3 is 2.57 bits per heavy atom. The van der Waals surface area contributed by atoms with Gasteiger partial charge in [0.05, 0.1) is 40.1 Å². The van der Waals surface area contributed by atoms with Crippen LogP contribution in [0.5, 0.6) is 5.75 Å². The molecule has 0 unspecified atom stereocenters. The fraction of sp³-hybridized carbons (Fsp3) is 0.455. The number of aryl methyl sites for hydroxylation is 1. The van der Waals surface area contributed by atoms with Crippen LogP contribution in [0.4, 0.5) is 11.6 Å². The second kappa shape index (κ2) is 12.5. The van der Waals surface area contributed by atoms with Crippen molar-refractivity contribution in [2.45, 2.75) is 26.6 Å². The highest BCUT2D eigenvalue weighted by Gasteiger charge is 2.26. The molecule has 1 aromatic carbocycles. The minimum atomic E-state index is -0.512. The Hall–Kier alpha value is -3.19. The SMILES string of the molecule is CC[n+]1c(CNC(=O)c2nc(Cl)c(N)nc2N)n(CCOCCOCCN)c2cc(OC)ccc21. The van der Waals surface area contributed by atoms with Gasteiger partial charge in [-0.2, -0.15) is 0 Å². The summed E-state index contributed by atoms with van der Waals surface area (Å²) in [5, 5.41) is 2.78. The predicted molar refractivity (Wildman–Crippen MR) is 132 cm³/mol. The van der Waals surface area contributed by atoms with Crippen molar-refractivity contribution in [2.75, 3.05) is 51.5 Å². The van der Waals surface area contributed by atoms with Crippen LogP contribution in [0.25, 0.3) is 11.0 Å². The van der Waals surface area contributed by atoms with Gasteiger partial charge < -0.3 is 36.7 Å². The zero-order valence-corrected chi connectivity index (χ0v) is 20.7. The van der Waals surface area contributed by atoms with E-state index in [0.717, 1.165) is 22.6 Å². The number of halogens is 1. The number of carbonyl (C=O) groups is 1. The van der Waals surface area contributed by atoms with Crippen molar-refractivity contribution in [3.8, 4) is 5.75 Å². The van der Waals surface area contributed by atoms with Gasteiger partial charge in [-0.3, -0.25) is 4.79 Å². The van der Waals surface area contributed by atoms with Gasteiger partial charge in [0.15, 0.2) is 33.5 Å². The van der Waals surface area contributed by atoms with Gasteiger partial charge in [0.1, 0.15) is 18.8 Å². The highest BCUT2D eigenvalue weighted by atomic mass is 35.5. The van der Waals surface area contributed by atoms with E-state index in [0.29, 0.717) is 46.1 Å². The van der Waals surface area contributed by atoms with Gasteiger partial charge in [-0.15, -0.1) is 0 Å². The van der Waals surface area contributed by atoms with Crippen LogP contribution in [0.3, 0.4) is 0 Å². The minimum absolute atomic E-state index is 0.0351. The van der Waals surface area contributed by atoms with Crippen LogP contribution in [0.15, 0.2) is 18.2 Å². The third-order valence-electron chi connectivity index (χ3n) is 5.32. The number of methoxy groups -OCH3 is 1. The molecule has 2 aromatic heterocycles. The number of ether oxygens (including phenoxy) is 3. The Morgan fingerprint density at radius 2 is 1.89 bits per heavy atom. The summed E-state index contributed by atoms with van der Waals surface area (Å²) in [6.07, 6.45) is 0. The van der Waals surface area contributed by atoms with Crippen LogP contribution in [-0.4, -0.2) is 60.5 Å². The molecule has 0 bridgehead atoms. The van der Waals surface area contributed by atoms with Gasteiger partial charge in [-0.25, -0.2) is 19.1 Å². The molecule has 1 amide bonds. The molecule has 7 N–H and O–H groups in total. The molecule has 0 aliphatic carbocycles. The van der Waals surface area contributed by atoms with Crippen LogP contribution in [0.1, 0.15) is 23.2 Å². The topological polar surface area (TPSA) is 169 Å². The Bertz CT molecular complexity index is 1170. The Morgan fingerprint density at radius 1 is 1.14 bits per heavy atom. The molecular formula is C22H32ClN8O4+. The van der Waals surface area contributed by atoms with Crippen LogP contribution in [0, 0.1) is 0 Å². The molecule has 2 heterocycles. The molecule has 0 radical (unpaired) electrons. The number of hydrogen-bond donors (Lipinski definition) is 4. The summed E-state index contributed by atoms with van der Waals surface area (Å²) in [5.74, 6) is 0.948. The average Bonchev–Trinajstić information content (AvgIpc) is 3.15. The van der Waals surface area contributed by atoms with Crippen LogP contribution < -0.4 is 31.8 Å². The molecule has 0 aliphatic rings. The summed E-state index contributed by atoms with van der Waals surface area (Å²) < 4.78 is 20.7. The minimum Gasteiger partial charge on any atom is -0.497 e. The Balaban J connectivity index is 1.84. The maximum absolute atomic E-state index is 12.8. The molecule has 0 fully saturated rings. The average molecular weight is 508 g/mol. The number of nitrogens with zero attached hydrogens (tertiary/aromatic N) is 4. The number of anilines is 2. The van der Waals surface area contributed by atoms with Gasteiger partial charge >= 0.3 is 0 Å². The predicted octanol–water partition coefficient (Wildman–Crippen LogP) is 0.487. The maximum atomic E-state index is 12.8. The molecule has 0 saturated heterocycles. The van der Waals surface area contributed by atoms with Crippen LogP contribution in [0.2, 0.25) is 5.15 Å². The number of rotatable bonds is 13. The molecule has 3 aromatic rings. The number of nitrogens with two attached hydrogens (primary N) is 3. The van der Waals surface area contributed by atoms with Gasteiger partial charge in [0, 0.05) is 12.6 Å². The summed E-state index contributed by atoms with van der Waals surface area (Å²) in [4.78, 5) is 20.7. The molecule has 0 saturated carbocycles. The monoisotopic (exact) mass is 507 g/mol. The second-order valence-corrected chi connectivity index (χ2v) is 7.85. The van der Waals surface area contributed by atoms with E-state index in [2.05, 4.69) is 24.4 Å². The van der Waals surface area contributed by atoms with E-state index in [1.165, 1.54) is 0 Å². The van der Waals surface area contributed by atoms with E-state index in [9.17, 15) is 4.79 Å². The number of carbonyl (C=O) groups excluding carboxylic acids is 1. The molecule has 0 aliphatic heterocycles. The van der Waals surface area contributed by atoms with Gasteiger partial charge in [-0.05, 0) is 19.1 Å². The largest absolute Gasteiger partial charge is 0.497 e. The fourth-order valence-electron chi connectivity index (χ4n) is 3.70. The summed E-state index contributed by atoms with van der Waals surface area (Å²) in [5.41, 5.74) is 18.7. The number of imidazole rings is 1. The van der Waals surface area contributed by atoms with Crippen molar-refractivity contribution >= 4 is 40.2 Å². The Labute approximate surface area is 208 Å². The zero-order chi connectivity index (χ0) is 25.4. The maximum Gasteiger partial charge on any atom is 0.277 e. The third kappa shape index (κ3) is 6.28. The van der Waals surface area contributed by atoms with Crippen LogP contribution in [-0.2, 0) is 29.1 Å². The van der Waals surface area contributed by atoms with Crippen molar-refractivity contribution in [3.05, 3.63) is 34.9 Å². The molecule has 35 heavy (non-hydrogen) atoms. The van der Waals surface area contributed by atoms with Crippen molar-refractivity contribution in [1.82, 2.24) is 19.9 Å². The van der Waals surface area contributed by atoms with Crippen LogP contribution >= 0.6 is 11.6 Å². The first kappa shape index (κ1) is 26.4. The number of nitrogens with one attached hydrogen (secondary N) is 1. The molecule has 12 nitrogen and oxygen atoms in total. The first-order valence-electron chi connectivity index (χ1n) is 11.2. The lowest BCUT2D eigenvalue weighted by Gasteiger charge is -2.09. The lowest BCUT2D eigenvalue weighted by Crippen LogP contribution is -2.40. The summed E-state index contributed by atoms with van der Waals surface area (Å²) in [7, 11) is 1.62. The Kier molecular flexibility index (Phi) is 9.43. The van der Waals surface area contributed by atoms with E-state index >= 15 is 0 Å². The molecule has 0 atom stereocenters. The van der Waals surface area contributed by atoms with E-state index in [4.69, 9.17) is 43.0 Å². The van der Waals surface area contributed by atoms with E-state index in [1.807, 2.05) is 25.1 Å². The van der Waals surface area contributed by atoms with Crippen molar-refractivity contribution in [3.63, 3.8) is 0 Å². The van der Waals surface area contributed by atoms with E-state index < -0.39 is 5.91 Å². The molecule has 3 rings (SSSR count). The van der Waals surface area contributed by atoms with E-state index in [1.54, 1.807) is 7.11 Å². The number of hydrogen-bond acceptors (Lipinski definition) is 9. The first-order chi connectivity index (χ1) is 16.9. The van der Waals surface area contributed by atoms with Gasteiger partial charge in [-0.1, -0.05) is 11.6 Å². The lowest BCUT2D eigenvalue weighted by atomic mass is 10.3. The zero-order valence-electron chi connectivity index (χ0n) is 19.9. The number of fused-ring (bicyclic) bond motifs is 1. The fourth-order valence-corrected chi connectivity index (χ4v) is 3.83. The number of benzene rings is 1. The molecular weight excluding hydrogens is 476 g/mol. The van der Waals surface area contributed by atoms with Gasteiger partial charge in [0.25, 0.3) is 11.7 Å². The smallest absolute Gasteiger partial charge is 0.277 e. The number of aromatic nitrogens is 4. The third-order valence-corrected chi connectivity index (χ3v) is 5.60. The van der Waals surface area contributed by atoms with Crippen molar-refractivity contribution in [1.29, 1.82) is 0 Å². The molecule has 190 valence electrons. The van der Waals surface area contributed by atoms with Crippen molar-refractivity contribution in [2.24, 2.45) is 5.73 Å². The number of amides is 1. The normalized spacial score (nSPS) is 11.2. The highest BCUT2D eigenvalue weighted by molar-refractivity contribution is 6.31. The molecule has 13 heteroatoms. The summed E-state index contributed by atoms with van der Waals surface area (Å²) in [6, 6.07) is 5.85. The number of nitrogen functional groups attached to an aromatic ring is 2. The first-order valence-corrected chi connectivity index (χ1v) is 11.6. The highest BCUT2D eigenvalue weighted by Crippen LogP contribution is 2.22. The van der Waals surface area contributed by atoms with E-state index in [-0.39, 0.29) is 29.0 Å². The summed E-state index contributed by atoms with van der Waals surface area (Å²) in [6.45, 7) is 5.83. The second-order valence-electron chi connectivity index (χ2n) is 7.50. The lowest BCUT2D eigenvalue weighted by molar-refractivity contribution is -0.676. The van der Waals surface area contributed by atoms with Crippen molar-refractivity contribution < 1.29 is 23.6 Å². The standard InChI is InChI=1S/C22H31ClN8O4/c1-3-30-15-5-4-14(33-2)12-16(15)31(7-9-35-11-10-34-8-6-24)17(30)13-27-22(32)18-20(25)29-21(26)19(23)28-18/h4-5,12H,3,6-11,13,24H2,1-2H3,(H4-,25,26,27,29,32)/p+1.